The maximum atomic E-state index is 5.66. The molecule has 15 heavy (non-hydrogen) atoms. The molecule has 0 aromatic heterocycles. The van der Waals surface area contributed by atoms with Crippen LogP contribution in [0.5, 0.6) is 0 Å². The van der Waals surface area contributed by atoms with Gasteiger partial charge in [-0.15, -0.1) is 0 Å². The molecule has 1 aliphatic rings. The van der Waals surface area contributed by atoms with Crippen molar-refractivity contribution in [3.63, 3.8) is 0 Å². The number of ether oxygens (including phenoxy) is 1. The number of nitrogens with one attached hydrogen (secondary N) is 1. The summed E-state index contributed by atoms with van der Waals surface area (Å²) in [6.07, 6.45) is 4.17. The summed E-state index contributed by atoms with van der Waals surface area (Å²) in [5.41, 5.74) is 3.33. The molecule has 3 N–H and O–H groups in total. The van der Waals surface area contributed by atoms with E-state index in [0.717, 1.165) is 6.61 Å². The highest BCUT2D eigenvalue weighted by atomic mass is 16.5. The fraction of sp³-hybridized carbons (Fsp3) is 1.00. The van der Waals surface area contributed by atoms with Gasteiger partial charge < -0.3 is 4.74 Å². The van der Waals surface area contributed by atoms with Crippen LogP contribution in [0.3, 0.4) is 0 Å². The van der Waals surface area contributed by atoms with E-state index >= 15 is 0 Å². The van der Waals surface area contributed by atoms with Crippen molar-refractivity contribution in [3.8, 4) is 0 Å². The molecule has 0 saturated heterocycles. The lowest BCUT2D eigenvalue weighted by Crippen LogP contribution is -2.47. The summed E-state index contributed by atoms with van der Waals surface area (Å²) in [7, 11) is 0. The van der Waals surface area contributed by atoms with Gasteiger partial charge in [0.25, 0.3) is 0 Å². The summed E-state index contributed by atoms with van der Waals surface area (Å²) in [6.45, 7) is 9.53. The van der Waals surface area contributed by atoms with E-state index in [4.69, 9.17) is 10.6 Å². The SMILES string of the molecule is CC(C)OCC(NN)C1CCCC1(C)C. The first-order valence-corrected chi connectivity index (χ1v) is 6.05. The molecule has 1 fully saturated rings. The van der Waals surface area contributed by atoms with Gasteiger partial charge in [0, 0.05) is 6.04 Å². The van der Waals surface area contributed by atoms with E-state index in [1.165, 1.54) is 19.3 Å². The van der Waals surface area contributed by atoms with Crippen molar-refractivity contribution in [1.29, 1.82) is 0 Å². The van der Waals surface area contributed by atoms with E-state index in [1.807, 2.05) is 0 Å². The van der Waals surface area contributed by atoms with Crippen LogP contribution < -0.4 is 11.3 Å². The molecule has 0 aromatic rings. The molecule has 0 aromatic carbocycles. The first kappa shape index (κ1) is 12.9. The Kier molecular flexibility index (Phi) is 4.56. The van der Waals surface area contributed by atoms with Crippen molar-refractivity contribution >= 4 is 0 Å². The molecular weight excluding hydrogens is 188 g/mol. The number of nitrogens with two attached hydrogens (primary N) is 1. The molecule has 0 bridgehead atoms. The van der Waals surface area contributed by atoms with Gasteiger partial charge in [0.05, 0.1) is 12.7 Å². The summed E-state index contributed by atoms with van der Waals surface area (Å²) < 4.78 is 5.66. The van der Waals surface area contributed by atoms with E-state index in [1.54, 1.807) is 0 Å². The molecule has 1 aliphatic carbocycles. The predicted octanol–water partition coefficient (Wildman–Crippen LogP) is 2.07. The lowest BCUT2D eigenvalue weighted by molar-refractivity contribution is 0.0336. The predicted molar refractivity (Wildman–Crippen MR) is 63.3 cm³/mol. The van der Waals surface area contributed by atoms with E-state index in [2.05, 4.69) is 33.1 Å². The largest absolute Gasteiger partial charge is 0.377 e. The van der Waals surface area contributed by atoms with Crippen LogP contribution in [0.2, 0.25) is 0 Å². The molecule has 3 nitrogen and oxygen atoms in total. The summed E-state index contributed by atoms with van der Waals surface area (Å²) in [6, 6.07) is 0.296. The first-order valence-electron chi connectivity index (χ1n) is 6.05. The van der Waals surface area contributed by atoms with E-state index in [-0.39, 0.29) is 6.10 Å². The second-order valence-electron chi connectivity index (χ2n) is 5.64. The van der Waals surface area contributed by atoms with Crippen molar-refractivity contribution in [1.82, 2.24) is 5.43 Å². The summed E-state index contributed by atoms with van der Waals surface area (Å²) in [4.78, 5) is 0. The molecule has 2 unspecified atom stereocenters. The smallest absolute Gasteiger partial charge is 0.0639 e. The molecule has 3 heteroatoms. The lowest BCUT2D eigenvalue weighted by Gasteiger charge is -2.34. The van der Waals surface area contributed by atoms with Crippen molar-refractivity contribution in [3.05, 3.63) is 0 Å². The minimum absolute atomic E-state index is 0.283. The Balaban J connectivity index is 2.50. The molecule has 0 spiro atoms. The zero-order valence-corrected chi connectivity index (χ0v) is 10.5. The topological polar surface area (TPSA) is 47.3 Å². The molecule has 0 radical (unpaired) electrons. The average Bonchev–Trinajstić information content (AvgIpc) is 2.47. The molecule has 0 heterocycles. The monoisotopic (exact) mass is 214 g/mol. The van der Waals surface area contributed by atoms with E-state index in [0.29, 0.717) is 17.4 Å². The molecule has 0 aliphatic heterocycles. The Morgan fingerprint density at radius 2 is 2.13 bits per heavy atom. The van der Waals surface area contributed by atoms with Gasteiger partial charge in [-0.1, -0.05) is 20.3 Å². The lowest BCUT2D eigenvalue weighted by atomic mass is 9.78. The zero-order chi connectivity index (χ0) is 11.5. The van der Waals surface area contributed by atoms with Crippen LogP contribution in [0.15, 0.2) is 0 Å². The van der Waals surface area contributed by atoms with E-state index in [9.17, 15) is 0 Å². The highest BCUT2D eigenvalue weighted by Crippen LogP contribution is 2.44. The number of hydrogen-bond donors (Lipinski definition) is 2. The van der Waals surface area contributed by atoms with Crippen molar-refractivity contribution in [2.24, 2.45) is 17.2 Å². The minimum Gasteiger partial charge on any atom is -0.377 e. The third-order valence-corrected chi connectivity index (χ3v) is 3.65. The van der Waals surface area contributed by atoms with Crippen LogP contribution in [0.25, 0.3) is 0 Å². The zero-order valence-electron chi connectivity index (χ0n) is 10.5. The van der Waals surface area contributed by atoms with Crippen molar-refractivity contribution < 1.29 is 4.74 Å². The van der Waals surface area contributed by atoms with Crippen LogP contribution in [0.1, 0.15) is 47.0 Å². The summed E-state index contributed by atoms with van der Waals surface area (Å²) >= 11 is 0. The van der Waals surface area contributed by atoms with Crippen LogP contribution in [0.4, 0.5) is 0 Å². The standard InChI is InChI=1S/C12H26N2O/c1-9(2)15-8-11(14-13)10-6-5-7-12(10,3)4/h9-11,14H,5-8,13H2,1-4H3. The van der Waals surface area contributed by atoms with Crippen LogP contribution >= 0.6 is 0 Å². The summed E-state index contributed by atoms with van der Waals surface area (Å²) in [5.74, 6) is 6.27. The molecule has 1 rings (SSSR count). The highest BCUT2D eigenvalue weighted by molar-refractivity contribution is 4.91. The van der Waals surface area contributed by atoms with Gasteiger partial charge in [0.1, 0.15) is 0 Å². The normalized spacial score (nSPS) is 27.2. The number of rotatable bonds is 5. The van der Waals surface area contributed by atoms with Gasteiger partial charge >= 0.3 is 0 Å². The third kappa shape index (κ3) is 3.44. The highest BCUT2D eigenvalue weighted by Gasteiger charge is 2.39. The van der Waals surface area contributed by atoms with Gasteiger partial charge in [-0.25, -0.2) is 0 Å². The van der Waals surface area contributed by atoms with Gasteiger partial charge in [0.15, 0.2) is 0 Å². The Labute approximate surface area is 93.7 Å². The first-order chi connectivity index (χ1) is 6.97. The molecule has 2 atom stereocenters. The van der Waals surface area contributed by atoms with Crippen LogP contribution in [0, 0.1) is 11.3 Å². The quantitative estimate of drug-likeness (QED) is 0.544. The second kappa shape index (κ2) is 5.28. The Morgan fingerprint density at radius 3 is 2.53 bits per heavy atom. The number of hydrogen-bond acceptors (Lipinski definition) is 3. The van der Waals surface area contributed by atoms with Crippen LogP contribution in [-0.2, 0) is 4.74 Å². The molecule has 0 amide bonds. The Bertz CT molecular complexity index is 192. The maximum absolute atomic E-state index is 5.66. The van der Waals surface area contributed by atoms with Crippen LogP contribution in [-0.4, -0.2) is 18.8 Å². The Hall–Kier alpha value is -0.120. The fourth-order valence-corrected chi connectivity index (χ4v) is 2.68. The molecule has 90 valence electrons. The third-order valence-electron chi connectivity index (χ3n) is 3.65. The summed E-state index contributed by atoms with van der Waals surface area (Å²) in [5, 5.41) is 0. The molecular formula is C12H26N2O. The average molecular weight is 214 g/mol. The van der Waals surface area contributed by atoms with E-state index < -0.39 is 0 Å². The van der Waals surface area contributed by atoms with Crippen molar-refractivity contribution in [2.45, 2.75) is 59.1 Å². The van der Waals surface area contributed by atoms with Gasteiger partial charge in [-0.2, -0.15) is 0 Å². The molecule has 1 saturated carbocycles. The van der Waals surface area contributed by atoms with Crippen molar-refractivity contribution in [2.75, 3.05) is 6.61 Å². The minimum atomic E-state index is 0.283. The number of hydrazine groups is 1. The second-order valence-corrected chi connectivity index (χ2v) is 5.64. The van der Waals surface area contributed by atoms with Gasteiger partial charge in [-0.3, -0.25) is 11.3 Å². The van der Waals surface area contributed by atoms with Gasteiger partial charge in [0.2, 0.25) is 0 Å². The fourth-order valence-electron chi connectivity index (χ4n) is 2.68. The van der Waals surface area contributed by atoms with Gasteiger partial charge in [-0.05, 0) is 38.0 Å². The Morgan fingerprint density at radius 1 is 1.47 bits per heavy atom. The maximum Gasteiger partial charge on any atom is 0.0639 e.